The van der Waals surface area contributed by atoms with Crippen LogP contribution in [0.1, 0.15) is 34.2 Å². The maximum Gasteiger partial charge on any atom is 0.263 e. The molecule has 2 amide bonds. The van der Waals surface area contributed by atoms with Crippen molar-refractivity contribution in [3.05, 3.63) is 45.7 Å². The first kappa shape index (κ1) is 18.1. The summed E-state index contributed by atoms with van der Waals surface area (Å²) in [4.78, 5) is 28.9. The van der Waals surface area contributed by atoms with Crippen LogP contribution in [0.15, 0.2) is 24.3 Å². The van der Waals surface area contributed by atoms with Crippen LogP contribution in [0.2, 0.25) is 0 Å². The molecular weight excluding hydrogens is 329 g/mol. The Morgan fingerprint density at radius 2 is 2.00 bits per heavy atom. The number of carbonyl (C=O) groups excluding carboxylic acids is 2. The van der Waals surface area contributed by atoms with E-state index in [1.165, 1.54) is 23.5 Å². The molecule has 0 aliphatic heterocycles. The van der Waals surface area contributed by atoms with Crippen molar-refractivity contribution >= 4 is 28.8 Å². The fraction of sp³-hybridized carbons (Fsp3) is 0.353. The fourth-order valence-corrected chi connectivity index (χ4v) is 2.99. The number of halogens is 1. The molecule has 24 heavy (non-hydrogen) atoms. The molecular formula is C17H20FN3O2S. The maximum atomic E-state index is 13.5. The van der Waals surface area contributed by atoms with Crippen molar-refractivity contribution in [1.29, 1.82) is 0 Å². The van der Waals surface area contributed by atoms with Gasteiger partial charge in [0.1, 0.15) is 15.7 Å². The lowest BCUT2D eigenvalue weighted by Crippen LogP contribution is -2.27. The molecule has 0 aliphatic carbocycles. The largest absolute Gasteiger partial charge is 0.351 e. The minimum atomic E-state index is -0.491. The van der Waals surface area contributed by atoms with E-state index in [1.807, 2.05) is 13.8 Å². The number of benzene rings is 1. The molecule has 0 unspecified atom stereocenters. The maximum absolute atomic E-state index is 13.5. The molecule has 0 atom stereocenters. The van der Waals surface area contributed by atoms with E-state index in [0.29, 0.717) is 28.0 Å². The molecule has 0 saturated carbocycles. The SMILES string of the molecule is Cc1nc(CC(=O)Nc2ccccc2F)sc1C(=O)NCC(C)C. The zero-order valence-electron chi connectivity index (χ0n) is 13.9. The van der Waals surface area contributed by atoms with E-state index in [0.717, 1.165) is 0 Å². The average molecular weight is 349 g/mol. The minimum Gasteiger partial charge on any atom is -0.351 e. The molecule has 1 aromatic heterocycles. The van der Waals surface area contributed by atoms with E-state index in [4.69, 9.17) is 0 Å². The van der Waals surface area contributed by atoms with Gasteiger partial charge in [-0.3, -0.25) is 9.59 Å². The number of para-hydroxylation sites is 1. The Morgan fingerprint density at radius 1 is 1.29 bits per heavy atom. The highest BCUT2D eigenvalue weighted by atomic mass is 32.1. The van der Waals surface area contributed by atoms with Crippen molar-refractivity contribution < 1.29 is 14.0 Å². The van der Waals surface area contributed by atoms with Gasteiger partial charge in [0.15, 0.2) is 0 Å². The molecule has 0 bridgehead atoms. The number of aromatic nitrogens is 1. The van der Waals surface area contributed by atoms with Gasteiger partial charge in [0.05, 0.1) is 17.8 Å². The van der Waals surface area contributed by atoms with Gasteiger partial charge in [0.2, 0.25) is 5.91 Å². The standard InChI is InChI=1S/C17H20FN3O2S/c1-10(2)9-19-17(23)16-11(3)20-15(24-16)8-14(22)21-13-7-5-4-6-12(13)18/h4-7,10H,8-9H2,1-3H3,(H,19,23)(H,21,22). The number of carbonyl (C=O) groups is 2. The summed E-state index contributed by atoms with van der Waals surface area (Å²) in [6.45, 7) is 6.34. The van der Waals surface area contributed by atoms with E-state index in [9.17, 15) is 14.0 Å². The Balaban J connectivity index is 2.00. The smallest absolute Gasteiger partial charge is 0.263 e. The predicted octanol–water partition coefficient (Wildman–Crippen LogP) is 3.16. The van der Waals surface area contributed by atoms with Crippen LogP contribution in [-0.4, -0.2) is 23.3 Å². The lowest BCUT2D eigenvalue weighted by Gasteiger charge is -2.06. The summed E-state index contributed by atoms with van der Waals surface area (Å²) < 4.78 is 13.5. The van der Waals surface area contributed by atoms with Gasteiger partial charge in [-0.2, -0.15) is 0 Å². The topological polar surface area (TPSA) is 71.1 Å². The number of anilines is 1. The normalized spacial score (nSPS) is 10.7. The van der Waals surface area contributed by atoms with Crippen LogP contribution in [-0.2, 0) is 11.2 Å². The summed E-state index contributed by atoms with van der Waals surface area (Å²) in [5.41, 5.74) is 0.723. The monoisotopic (exact) mass is 349 g/mol. The van der Waals surface area contributed by atoms with Crippen LogP contribution in [0.5, 0.6) is 0 Å². The molecule has 0 spiro atoms. The lowest BCUT2D eigenvalue weighted by atomic mass is 10.2. The van der Waals surface area contributed by atoms with Crippen molar-refractivity contribution in [1.82, 2.24) is 10.3 Å². The number of nitrogens with one attached hydrogen (secondary N) is 2. The van der Waals surface area contributed by atoms with Crippen LogP contribution in [0.25, 0.3) is 0 Å². The molecule has 2 N–H and O–H groups in total. The third-order valence-corrected chi connectivity index (χ3v) is 4.33. The van der Waals surface area contributed by atoms with Gasteiger partial charge in [-0.15, -0.1) is 11.3 Å². The van der Waals surface area contributed by atoms with Crippen molar-refractivity contribution in [3.8, 4) is 0 Å². The highest BCUT2D eigenvalue weighted by Crippen LogP contribution is 2.19. The van der Waals surface area contributed by atoms with E-state index >= 15 is 0 Å². The predicted molar refractivity (Wildman–Crippen MR) is 92.8 cm³/mol. The number of aryl methyl sites for hydroxylation is 1. The Bertz CT molecular complexity index is 743. The number of hydrogen-bond acceptors (Lipinski definition) is 4. The minimum absolute atomic E-state index is 0.00268. The highest BCUT2D eigenvalue weighted by molar-refractivity contribution is 7.13. The van der Waals surface area contributed by atoms with Crippen molar-refractivity contribution in [2.45, 2.75) is 27.2 Å². The summed E-state index contributed by atoms with van der Waals surface area (Å²) in [5, 5.41) is 5.87. The second-order valence-electron chi connectivity index (χ2n) is 5.83. The van der Waals surface area contributed by atoms with Gasteiger partial charge in [0, 0.05) is 6.54 Å². The van der Waals surface area contributed by atoms with Crippen LogP contribution >= 0.6 is 11.3 Å². The number of thiazole rings is 1. The molecule has 0 radical (unpaired) electrons. The second-order valence-corrected chi connectivity index (χ2v) is 6.91. The molecule has 128 valence electrons. The summed E-state index contributed by atoms with van der Waals surface area (Å²) in [6, 6.07) is 5.96. The molecule has 0 aliphatic rings. The summed E-state index contributed by atoms with van der Waals surface area (Å²) >= 11 is 1.18. The first-order valence-electron chi connectivity index (χ1n) is 7.65. The Hall–Kier alpha value is -2.28. The molecule has 1 aromatic carbocycles. The summed E-state index contributed by atoms with van der Waals surface area (Å²) in [7, 11) is 0. The van der Waals surface area contributed by atoms with Crippen LogP contribution in [0, 0.1) is 18.7 Å². The fourth-order valence-electron chi connectivity index (χ4n) is 2.01. The molecule has 2 rings (SSSR count). The quantitative estimate of drug-likeness (QED) is 0.841. The number of rotatable bonds is 6. The zero-order valence-corrected chi connectivity index (χ0v) is 14.7. The molecule has 2 aromatic rings. The average Bonchev–Trinajstić information content (AvgIpc) is 2.87. The third-order valence-electron chi connectivity index (χ3n) is 3.18. The number of amides is 2. The molecule has 0 saturated heterocycles. The van der Waals surface area contributed by atoms with E-state index in [2.05, 4.69) is 15.6 Å². The molecule has 0 fully saturated rings. The number of nitrogens with zero attached hydrogens (tertiary/aromatic N) is 1. The van der Waals surface area contributed by atoms with Gasteiger partial charge >= 0.3 is 0 Å². The van der Waals surface area contributed by atoms with Crippen LogP contribution in [0.4, 0.5) is 10.1 Å². The highest BCUT2D eigenvalue weighted by Gasteiger charge is 2.17. The van der Waals surface area contributed by atoms with Gasteiger partial charge in [-0.1, -0.05) is 26.0 Å². The van der Waals surface area contributed by atoms with Gasteiger partial charge in [-0.05, 0) is 25.0 Å². The molecule has 7 heteroatoms. The Morgan fingerprint density at radius 3 is 2.67 bits per heavy atom. The van der Waals surface area contributed by atoms with Crippen molar-refractivity contribution in [2.75, 3.05) is 11.9 Å². The van der Waals surface area contributed by atoms with Gasteiger partial charge in [-0.25, -0.2) is 9.37 Å². The van der Waals surface area contributed by atoms with Gasteiger partial charge < -0.3 is 10.6 Å². The second kappa shape index (κ2) is 8.01. The first-order chi connectivity index (χ1) is 11.4. The number of hydrogen-bond donors (Lipinski definition) is 2. The van der Waals surface area contributed by atoms with Crippen LogP contribution < -0.4 is 10.6 Å². The third kappa shape index (κ3) is 4.86. The molecule has 1 heterocycles. The van der Waals surface area contributed by atoms with E-state index in [-0.39, 0.29) is 23.9 Å². The van der Waals surface area contributed by atoms with E-state index < -0.39 is 5.82 Å². The molecule has 5 nitrogen and oxygen atoms in total. The Kier molecular flexibility index (Phi) is 6.03. The summed E-state index contributed by atoms with van der Waals surface area (Å²) in [5.74, 6) is -0.689. The summed E-state index contributed by atoms with van der Waals surface area (Å²) in [6.07, 6.45) is -0.00268. The van der Waals surface area contributed by atoms with Crippen molar-refractivity contribution in [3.63, 3.8) is 0 Å². The van der Waals surface area contributed by atoms with Gasteiger partial charge in [0.25, 0.3) is 5.91 Å². The first-order valence-corrected chi connectivity index (χ1v) is 8.47. The van der Waals surface area contributed by atoms with E-state index in [1.54, 1.807) is 19.1 Å². The van der Waals surface area contributed by atoms with Crippen LogP contribution in [0.3, 0.4) is 0 Å². The zero-order chi connectivity index (χ0) is 17.7. The lowest BCUT2D eigenvalue weighted by molar-refractivity contribution is -0.115. The van der Waals surface area contributed by atoms with Crippen molar-refractivity contribution in [2.24, 2.45) is 5.92 Å². The Labute approximate surface area is 144 Å².